The molecule has 0 spiro atoms. The number of nitrogens with zero attached hydrogens (tertiary/aromatic N) is 1. The molecule has 0 bridgehead atoms. The second-order valence-corrected chi connectivity index (χ2v) is 6.83. The van der Waals surface area contributed by atoms with Gasteiger partial charge in [0.15, 0.2) is 5.79 Å². The Morgan fingerprint density at radius 1 is 1.28 bits per heavy atom. The average molecular weight is 341 g/mol. The van der Waals surface area contributed by atoms with Gasteiger partial charge in [-0.2, -0.15) is 0 Å². The van der Waals surface area contributed by atoms with E-state index in [1.165, 1.54) is 0 Å². The van der Waals surface area contributed by atoms with E-state index in [1.54, 1.807) is 0 Å². The number of pyridine rings is 1. The van der Waals surface area contributed by atoms with Gasteiger partial charge >= 0.3 is 0 Å². The van der Waals surface area contributed by atoms with Crippen molar-refractivity contribution in [1.82, 2.24) is 10.3 Å². The lowest BCUT2D eigenvalue weighted by atomic mass is 10.1. The maximum atomic E-state index is 12.6. The molecule has 1 amide bonds. The van der Waals surface area contributed by atoms with Crippen LogP contribution >= 0.6 is 0 Å². The predicted molar refractivity (Wildman–Crippen MR) is 95.6 cm³/mol. The average Bonchev–Trinajstić information content (AvgIpc) is 3.32. The van der Waals surface area contributed by atoms with Crippen LogP contribution in [0.5, 0.6) is 0 Å². The standard InChI is InChI=1S/C19H23N3O3/c1-19(24-10-11-25-19)8-9-20-17-12-15(18(23)21-13-6-7-13)14-4-2-3-5-16(14)22-17/h2-5,12-13H,6-11H2,1H3,(H,20,22)(H,21,23). The van der Waals surface area contributed by atoms with Crippen molar-refractivity contribution in [2.45, 2.75) is 38.0 Å². The molecule has 0 atom stereocenters. The monoisotopic (exact) mass is 341 g/mol. The fraction of sp³-hybridized carbons (Fsp3) is 0.474. The van der Waals surface area contributed by atoms with Gasteiger partial charge in [-0.15, -0.1) is 0 Å². The van der Waals surface area contributed by atoms with E-state index >= 15 is 0 Å². The van der Waals surface area contributed by atoms with E-state index in [4.69, 9.17) is 9.47 Å². The third-order valence-corrected chi connectivity index (χ3v) is 4.66. The van der Waals surface area contributed by atoms with Gasteiger partial charge in [-0.1, -0.05) is 18.2 Å². The molecule has 1 saturated carbocycles. The van der Waals surface area contributed by atoms with Crippen LogP contribution in [0.3, 0.4) is 0 Å². The van der Waals surface area contributed by atoms with Crippen LogP contribution in [0.1, 0.15) is 36.5 Å². The van der Waals surface area contributed by atoms with E-state index in [-0.39, 0.29) is 5.91 Å². The molecule has 1 aliphatic carbocycles. The third-order valence-electron chi connectivity index (χ3n) is 4.66. The molecule has 2 aromatic rings. The summed E-state index contributed by atoms with van der Waals surface area (Å²) in [6, 6.07) is 9.89. The summed E-state index contributed by atoms with van der Waals surface area (Å²) in [6.07, 6.45) is 2.85. The van der Waals surface area contributed by atoms with Crippen LogP contribution in [-0.4, -0.2) is 42.5 Å². The summed E-state index contributed by atoms with van der Waals surface area (Å²) in [7, 11) is 0. The molecule has 1 aliphatic heterocycles. The Morgan fingerprint density at radius 3 is 2.80 bits per heavy atom. The highest BCUT2D eigenvalue weighted by Crippen LogP contribution is 2.25. The number of nitrogens with one attached hydrogen (secondary N) is 2. The summed E-state index contributed by atoms with van der Waals surface area (Å²) in [4.78, 5) is 17.2. The van der Waals surface area contributed by atoms with Crippen molar-refractivity contribution in [2.24, 2.45) is 0 Å². The van der Waals surface area contributed by atoms with Crippen molar-refractivity contribution >= 4 is 22.6 Å². The van der Waals surface area contributed by atoms with E-state index in [0.29, 0.717) is 43.6 Å². The van der Waals surface area contributed by atoms with Crippen LogP contribution in [0, 0.1) is 0 Å². The number of amides is 1. The first-order chi connectivity index (χ1) is 12.1. The number of rotatable bonds is 6. The summed E-state index contributed by atoms with van der Waals surface area (Å²) in [6.45, 7) is 3.88. The molecule has 2 aliphatic rings. The number of carbonyl (C=O) groups is 1. The molecule has 0 unspecified atom stereocenters. The van der Waals surface area contributed by atoms with Crippen molar-refractivity contribution in [1.29, 1.82) is 0 Å². The quantitative estimate of drug-likeness (QED) is 0.845. The number of aromatic nitrogens is 1. The van der Waals surface area contributed by atoms with Gasteiger partial charge in [0.25, 0.3) is 5.91 Å². The van der Waals surface area contributed by atoms with Gasteiger partial charge in [-0.25, -0.2) is 4.98 Å². The Labute approximate surface area is 146 Å². The Bertz CT molecular complexity index is 783. The highest BCUT2D eigenvalue weighted by atomic mass is 16.7. The summed E-state index contributed by atoms with van der Waals surface area (Å²) in [5, 5.41) is 7.24. The molecule has 1 aromatic heterocycles. The van der Waals surface area contributed by atoms with Crippen LogP contribution in [-0.2, 0) is 9.47 Å². The first-order valence-corrected chi connectivity index (χ1v) is 8.85. The zero-order valence-corrected chi connectivity index (χ0v) is 14.4. The number of fused-ring (bicyclic) bond motifs is 1. The number of carbonyl (C=O) groups excluding carboxylic acids is 1. The normalized spacial score (nSPS) is 19.1. The number of hydrogen-bond acceptors (Lipinski definition) is 5. The molecule has 2 heterocycles. The molecule has 1 saturated heterocycles. The minimum absolute atomic E-state index is 0.0291. The zero-order chi connectivity index (χ0) is 17.3. The molecule has 4 rings (SSSR count). The van der Waals surface area contributed by atoms with E-state index in [2.05, 4.69) is 15.6 Å². The largest absolute Gasteiger partial charge is 0.370 e. The van der Waals surface area contributed by atoms with Gasteiger partial charge in [0.2, 0.25) is 0 Å². The summed E-state index contributed by atoms with van der Waals surface area (Å²) < 4.78 is 11.2. The maximum absolute atomic E-state index is 12.6. The Hall–Kier alpha value is -2.18. The van der Waals surface area contributed by atoms with Gasteiger partial charge < -0.3 is 20.1 Å². The maximum Gasteiger partial charge on any atom is 0.252 e. The fourth-order valence-electron chi connectivity index (χ4n) is 3.06. The van der Waals surface area contributed by atoms with E-state index < -0.39 is 5.79 Å². The molecule has 0 radical (unpaired) electrons. The number of anilines is 1. The van der Waals surface area contributed by atoms with Gasteiger partial charge in [-0.3, -0.25) is 4.79 Å². The summed E-state index contributed by atoms with van der Waals surface area (Å²) in [5.41, 5.74) is 1.48. The van der Waals surface area contributed by atoms with Gasteiger partial charge in [0, 0.05) is 24.4 Å². The number of ether oxygens (including phenoxy) is 2. The van der Waals surface area contributed by atoms with E-state index in [0.717, 1.165) is 23.7 Å². The van der Waals surface area contributed by atoms with E-state index in [9.17, 15) is 4.79 Å². The lowest BCUT2D eigenvalue weighted by Gasteiger charge is -2.22. The van der Waals surface area contributed by atoms with Crippen molar-refractivity contribution in [3.8, 4) is 0 Å². The van der Waals surface area contributed by atoms with E-state index in [1.807, 2.05) is 37.3 Å². The van der Waals surface area contributed by atoms with Crippen molar-refractivity contribution < 1.29 is 14.3 Å². The molecule has 2 fully saturated rings. The minimum atomic E-state index is -0.532. The summed E-state index contributed by atoms with van der Waals surface area (Å²) in [5.74, 6) is 0.135. The van der Waals surface area contributed by atoms with Crippen molar-refractivity contribution in [3.05, 3.63) is 35.9 Å². The Morgan fingerprint density at radius 2 is 2.04 bits per heavy atom. The SMILES string of the molecule is CC1(CCNc2cc(C(=O)NC3CC3)c3ccccc3n2)OCCO1. The molecule has 1 aromatic carbocycles. The van der Waals surface area contributed by atoms with Crippen LogP contribution in [0.2, 0.25) is 0 Å². The minimum Gasteiger partial charge on any atom is -0.370 e. The number of benzene rings is 1. The lowest BCUT2D eigenvalue weighted by molar-refractivity contribution is -0.144. The molecular formula is C19H23N3O3. The van der Waals surface area contributed by atoms with Crippen molar-refractivity contribution in [3.63, 3.8) is 0 Å². The molecule has 2 N–H and O–H groups in total. The Kier molecular flexibility index (Phi) is 4.31. The first kappa shape index (κ1) is 16.3. The molecule has 25 heavy (non-hydrogen) atoms. The van der Waals surface area contributed by atoms with Crippen LogP contribution in [0.15, 0.2) is 30.3 Å². The Balaban J connectivity index is 1.53. The fourth-order valence-corrected chi connectivity index (χ4v) is 3.06. The zero-order valence-electron chi connectivity index (χ0n) is 14.4. The number of para-hydroxylation sites is 1. The summed E-state index contributed by atoms with van der Waals surface area (Å²) >= 11 is 0. The van der Waals surface area contributed by atoms with Gasteiger partial charge in [-0.05, 0) is 31.9 Å². The molecule has 6 nitrogen and oxygen atoms in total. The van der Waals surface area contributed by atoms with Crippen LogP contribution in [0.25, 0.3) is 10.9 Å². The second-order valence-electron chi connectivity index (χ2n) is 6.83. The highest BCUT2D eigenvalue weighted by molar-refractivity contribution is 6.07. The number of hydrogen-bond donors (Lipinski definition) is 2. The van der Waals surface area contributed by atoms with Gasteiger partial charge in [0.05, 0.1) is 24.3 Å². The van der Waals surface area contributed by atoms with Crippen LogP contribution < -0.4 is 10.6 Å². The van der Waals surface area contributed by atoms with Crippen LogP contribution in [0.4, 0.5) is 5.82 Å². The first-order valence-electron chi connectivity index (χ1n) is 8.85. The molecule has 132 valence electrons. The second kappa shape index (κ2) is 6.61. The topological polar surface area (TPSA) is 72.5 Å². The predicted octanol–water partition coefficient (Wildman–Crippen LogP) is 2.69. The molecular weight excluding hydrogens is 318 g/mol. The van der Waals surface area contributed by atoms with Crippen molar-refractivity contribution in [2.75, 3.05) is 25.1 Å². The molecule has 6 heteroatoms. The highest BCUT2D eigenvalue weighted by Gasteiger charge is 2.30. The lowest BCUT2D eigenvalue weighted by Crippen LogP contribution is -2.29. The van der Waals surface area contributed by atoms with Gasteiger partial charge in [0.1, 0.15) is 5.82 Å². The third kappa shape index (κ3) is 3.75. The smallest absolute Gasteiger partial charge is 0.252 e.